The lowest BCUT2D eigenvalue weighted by atomic mass is 9.92. The van der Waals surface area contributed by atoms with Gasteiger partial charge in [-0.05, 0) is 12.0 Å². The highest BCUT2D eigenvalue weighted by atomic mass is 16.7. The first kappa shape index (κ1) is 11.6. The van der Waals surface area contributed by atoms with Gasteiger partial charge in [0.05, 0.1) is 13.2 Å². The van der Waals surface area contributed by atoms with E-state index in [0.29, 0.717) is 25.6 Å². The van der Waals surface area contributed by atoms with Crippen LogP contribution in [0.15, 0.2) is 6.20 Å². The van der Waals surface area contributed by atoms with E-state index in [0.717, 1.165) is 24.1 Å². The fourth-order valence-corrected chi connectivity index (χ4v) is 2.45. The van der Waals surface area contributed by atoms with Gasteiger partial charge in [0.25, 0.3) is 0 Å². The summed E-state index contributed by atoms with van der Waals surface area (Å²) >= 11 is 0. The molecule has 1 aromatic rings. The summed E-state index contributed by atoms with van der Waals surface area (Å²) < 4.78 is 11.4. The standard InChI is InChI=1S/C12H15N3O3/c1-8(16)14-11-13-7-9-6-12(17-4-5-18-12)3-2-10(9)15-11/h7H,2-6H2,1H3,(H,13,14,15,16). The van der Waals surface area contributed by atoms with Crippen LogP contribution in [-0.4, -0.2) is 34.9 Å². The van der Waals surface area contributed by atoms with Gasteiger partial charge < -0.3 is 9.47 Å². The maximum Gasteiger partial charge on any atom is 0.229 e. The molecule has 0 aromatic carbocycles. The summed E-state index contributed by atoms with van der Waals surface area (Å²) in [6, 6.07) is 0. The zero-order valence-electron chi connectivity index (χ0n) is 10.2. The maximum absolute atomic E-state index is 11.0. The van der Waals surface area contributed by atoms with Crippen molar-refractivity contribution in [1.82, 2.24) is 9.97 Å². The van der Waals surface area contributed by atoms with Crippen molar-refractivity contribution >= 4 is 11.9 Å². The van der Waals surface area contributed by atoms with Crippen LogP contribution in [0.2, 0.25) is 0 Å². The Labute approximate surface area is 105 Å². The molecule has 18 heavy (non-hydrogen) atoms. The number of ether oxygens (including phenoxy) is 2. The second kappa shape index (κ2) is 4.29. The fourth-order valence-electron chi connectivity index (χ4n) is 2.45. The summed E-state index contributed by atoms with van der Waals surface area (Å²) in [6.07, 6.45) is 4.02. The lowest BCUT2D eigenvalue weighted by Gasteiger charge is -2.32. The van der Waals surface area contributed by atoms with Gasteiger partial charge in [-0.3, -0.25) is 10.1 Å². The molecule has 1 N–H and O–H groups in total. The van der Waals surface area contributed by atoms with Gasteiger partial charge in [0, 0.05) is 31.7 Å². The Morgan fingerprint density at radius 3 is 2.94 bits per heavy atom. The summed E-state index contributed by atoms with van der Waals surface area (Å²) in [5.41, 5.74) is 2.01. The molecule has 1 aliphatic carbocycles. The van der Waals surface area contributed by atoms with Crippen LogP contribution in [0.5, 0.6) is 0 Å². The van der Waals surface area contributed by atoms with Crippen LogP contribution in [0.3, 0.4) is 0 Å². The van der Waals surface area contributed by atoms with E-state index in [2.05, 4.69) is 15.3 Å². The number of aryl methyl sites for hydroxylation is 1. The molecule has 1 aliphatic heterocycles. The van der Waals surface area contributed by atoms with Crippen LogP contribution < -0.4 is 5.32 Å². The van der Waals surface area contributed by atoms with Gasteiger partial charge in [0.1, 0.15) is 0 Å². The lowest BCUT2D eigenvalue weighted by molar-refractivity contribution is -0.164. The molecule has 1 fully saturated rings. The zero-order valence-corrected chi connectivity index (χ0v) is 10.2. The van der Waals surface area contributed by atoms with Crippen molar-refractivity contribution in [3.63, 3.8) is 0 Å². The first-order valence-electron chi connectivity index (χ1n) is 6.07. The smallest absolute Gasteiger partial charge is 0.229 e. The molecule has 1 aromatic heterocycles. The molecule has 6 nitrogen and oxygen atoms in total. The number of hydrogen-bond donors (Lipinski definition) is 1. The highest BCUT2D eigenvalue weighted by Crippen LogP contribution is 2.34. The highest BCUT2D eigenvalue weighted by molar-refractivity contribution is 5.86. The Kier molecular flexibility index (Phi) is 2.76. The van der Waals surface area contributed by atoms with E-state index in [1.54, 1.807) is 6.20 Å². The zero-order chi connectivity index (χ0) is 12.6. The first-order valence-corrected chi connectivity index (χ1v) is 6.07. The fraction of sp³-hybridized carbons (Fsp3) is 0.583. The molecule has 0 radical (unpaired) electrons. The molecule has 6 heteroatoms. The molecular weight excluding hydrogens is 234 g/mol. The molecule has 0 unspecified atom stereocenters. The van der Waals surface area contributed by atoms with Crippen molar-refractivity contribution in [2.24, 2.45) is 0 Å². The number of carbonyl (C=O) groups excluding carboxylic acids is 1. The summed E-state index contributed by atoms with van der Waals surface area (Å²) in [5, 5.41) is 2.59. The molecule has 2 heterocycles. The van der Waals surface area contributed by atoms with Crippen molar-refractivity contribution < 1.29 is 14.3 Å². The minimum absolute atomic E-state index is 0.162. The molecular formula is C12H15N3O3. The Bertz CT molecular complexity index is 483. The van der Waals surface area contributed by atoms with Crippen LogP contribution in [-0.2, 0) is 27.1 Å². The van der Waals surface area contributed by atoms with Crippen LogP contribution >= 0.6 is 0 Å². The number of nitrogens with zero attached hydrogens (tertiary/aromatic N) is 2. The van der Waals surface area contributed by atoms with Gasteiger partial charge >= 0.3 is 0 Å². The second-order valence-corrected chi connectivity index (χ2v) is 4.63. The number of fused-ring (bicyclic) bond motifs is 1. The van der Waals surface area contributed by atoms with E-state index >= 15 is 0 Å². The number of amides is 1. The second-order valence-electron chi connectivity index (χ2n) is 4.63. The molecule has 0 saturated carbocycles. The van der Waals surface area contributed by atoms with E-state index in [4.69, 9.17) is 9.47 Å². The Balaban J connectivity index is 1.83. The molecule has 1 saturated heterocycles. The third kappa shape index (κ3) is 2.09. The van der Waals surface area contributed by atoms with Crippen LogP contribution in [0, 0.1) is 0 Å². The summed E-state index contributed by atoms with van der Waals surface area (Å²) in [4.78, 5) is 19.4. The number of carbonyl (C=O) groups is 1. The molecule has 3 rings (SSSR count). The average molecular weight is 249 g/mol. The Morgan fingerprint density at radius 1 is 1.44 bits per heavy atom. The van der Waals surface area contributed by atoms with Gasteiger partial charge in [0.15, 0.2) is 5.79 Å². The van der Waals surface area contributed by atoms with Gasteiger partial charge in [0.2, 0.25) is 11.9 Å². The third-order valence-electron chi connectivity index (χ3n) is 3.26. The summed E-state index contributed by atoms with van der Waals surface area (Å²) in [5.74, 6) is -0.263. The SMILES string of the molecule is CC(=O)Nc1ncc2c(n1)CCC1(C2)OCCO1. The van der Waals surface area contributed by atoms with Gasteiger partial charge in [-0.15, -0.1) is 0 Å². The van der Waals surface area contributed by atoms with Crippen molar-refractivity contribution in [2.45, 2.75) is 32.0 Å². The van der Waals surface area contributed by atoms with Gasteiger partial charge in [-0.25, -0.2) is 9.97 Å². The minimum Gasteiger partial charge on any atom is -0.347 e. The van der Waals surface area contributed by atoms with Crippen LogP contribution in [0.4, 0.5) is 5.95 Å². The number of rotatable bonds is 1. The van der Waals surface area contributed by atoms with Crippen molar-refractivity contribution in [2.75, 3.05) is 18.5 Å². The van der Waals surface area contributed by atoms with Crippen LogP contribution in [0.1, 0.15) is 24.6 Å². The largest absolute Gasteiger partial charge is 0.347 e. The summed E-state index contributed by atoms with van der Waals surface area (Å²) in [6.45, 7) is 2.75. The highest BCUT2D eigenvalue weighted by Gasteiger charge is 2.40. The van der Waals surface area contributed by atoms with E-state index in [1.807, 2.05) is 0 Å². The van der Waals surface area contributed by atoms with E-state index in [-0.39, 0.29) is 5.91 Å². The quantitative estimate of drug-likeness (QED) is 0.791. The monoisotopic (exact) mass is 249 g/mol. The molecule has 1 spiro atoms. The number of hydrogen-bond acceptors (Lipinski definition) is 5. The predicted molar refractivity (Wildman–Crippen MR) is 63.0 cm³/mol. The van der Waals surface area contributed by atoms with Crippen molar-refractivity contribution in [3.05, 3.63) is 17.5 Å². The van der Waals surface area contributed by atoms with Gasteiger partial charge in [-0.1, -0.05) is 0 Å². The van der Waals surface area contributed by atoms with Crippen LogP contribution in [0.25, 0.3) is 0 Å². The molecule has 0 bridgehead atoms. The third-order valence-corrected chi connectivity index (χ3v) is 3.26. The maximum atomic E-state index is 11.0. The first-order chi connectivity index (χ1) is 8.67. The number of anilines is 1. The summed E-state index contributed by atoms with van der Waals surface area (Å²) in [7, 11) is 0. The number of nitrogens with one attached hydrogen (secondary N) is 1. The topological polar surface area (TPSA) is 73.3 Å². The van der Waals surface area contributed by atoms with Crippen molar-refractivity contribution in [1.29, 1.82) is 0 Å². The molecule has 0 atom stereocenters. The number of aromatic nitrogens is 2. The molecule has 96 valence electrons. The minimum atomic E-state index is -0.466. The van der Waals surface area contributed by atoms with E-state index in [1.165, 1.54) is 6.92 Å². The Hall–Kier alpha value is -1.53. The Morgan fingerprint density at radius 2 is 2.22 bits per heavy atom. The average Bonchev–Trinajstić information content (AvgIpc) is 2.77. The molecule has 2 aliphatic rings. The lowest BCUT2D eigenvalue weighted by Crippen LogP contribution is -2.37. The van der Waals surface area contributed by atoms with E-state index < -0.39 is 5.79 Å². The van der Waals surface area contributed by atoms with E-state index in [9.17, 15) is 4.79 Å². The van der Waals surface area contributed by atoms with Crippen molar-refractivity contribution in [3.8, 4) is 0 Å². The molecule has 1 amide bonds. The van der Waals surface area contributed by atoms with Gasteiger partial charge in [-0.2, -0.15) is 0 Å². The predicted octanol–water partition coefficient (Wildman–Crippen LogP) is 0.667. The normalized spacial score (nSPS) is 20.7.